The van der Waals surface area contributed by atoms with Crippen molar-refractivity contribution >= 4 is 39.1 Å². The molecule has 2 aromatic heterocycles. The number of aromatic nitrogens is 2. The summed E-state index contributed by atoms with van der Waals surface area (Å²) < 4.78 is 8.18. The second-order valence-corrected chi connectivity index (χ2v) is 7.08. The second-order valence-electron chi connectivity index (χ2n) is 5.68. The minimum absolute atomic E-state index is 0.107. The summed E-state index contributed by atoms with van der Waals surface area (Å²) in [5.41, 5.74) is 1.42. The van der Waals surface area contributed by atoms with Gasteiger partial charge in [0, 0.05) is 18.8 Å². The van der Waals surface area contributed by atoms with Gasteiger partial charge in [-0.15, -0.1) is 0 Å². The summed E-state index contributed by atoms with van der Waals surface area (Å²) in [4.78, 5) is 27.1. The minimum Gasteiger partial charge on any atom is -0.483 e. The molecule has 0 radical (unpaired) electrons. The molecule has 1 N–H and O–H groups in total. The van der Waals surface area contributed by atoms with E-state index in [1.54, 1.807) is 18.3 Å². The summed E-state index contributed by atoms with van der Waals surface area (Å²) in [5, 5.41) is 9.21. The third-order valence-electron chi connectivity index (χ3n) is 3.93. The first-order valence-corrected chi connectivity index (χ1v) is 9.31. The average Bonchev–Trinajstić information content (AvgIpc) is 2.92. The molecule has 0 saturated carbocycles. The Labute approximate surface area is 158 Å². The maximum Gasteiger partial charge on any atom is 0.308 e. The Morgan fingerprint density at radius 1 is 1.42 bits per heavy atom. The fraction of sp³-hybridized carbons (Fsp3) is 0.278. The Hall–Kier alpha value is -2.38. The summed E-state index contributed by atoms with van der Waals surface area (Å²) in [5.74, 6) is -0.480. The van der Waals surface area contributed by atoms with Crippen LogP contribution in [-0.4, -0.2) is 20.6 Å². The first-order valence-electron chi connectivity index (χ1n) is 8.12. The lowest BCUT2D eigenvalue weighted by molar-refractivity contribution is -0.137. The maximum atomic E-state index is 12.2. The quantitative estimate of drug-likeness (QED) is 0.654. The van der Waals surface area contributed by atoms with E-state index < -0.39 is 5.97 Å². The number of nitrogens with zero attached hydrogens (tertiary/aromatic N) is 2. The number of benzene rings is 1. The highest BCUT2D eigenvalue weighted by Gasteiger charge is 2.17. The number of ether oxygens (including phenoxy) is 1. The van der Waals surface area contributed by atoms with Crippen molar-refractivity contribution in [3.8, 4) is 5.75 Å². The molecule has 0 spiro atoms. The number of carboxylic acid groups (broad SMARTS) is 1. The van der Waals surface area contributed by atoms with Crippen molar-refractivity contribution in [2.24, 2.45) is 0 Å². The normalized spacial score (nSPS) is 12.2. The van der Waals surface area contributed by atoms with E-state index in [1.165, 1.54) is 4.57 Å². The number of carboxylic acids is 1. The molecule has 1 atom stereocenters. The standard InChI is InChI=1S/C18H17ClN2O4S/c1-2-14(12-5-3-4-7-20-12)25-15-10-16-13(9-11(15)19)21(18(24)26-16)8-6-17(22)23/h3-5,7,9-10,14H,2,6,8H2,1H3,(H,22,23). The summed E-state index contributed by atoms with van der Waals surface area (Å²) in [7, 11) is 0. The van der Waals surface area contributed by atoms with Crippen molar-refractivity contribution in [2.75, 3.05) is 0 Å². The first-order chi connectivity index (χ1) is 12.5. The lowest BCUT2D eigenvalue weighted by Gasteiger charge is -2.18. The van der Waals surface area contributed by atoms with Crippen molar-refractivity contribution < 1.29 is 14.6 Å². The molecule has 0 fully saturated rings. The molecule has 0 aliphatic carbocycles. The SMILES string of the molecule is CCC(Oc1cc2sc(=O)n(CCC(=O)O)c2cc1Cl)c1ccccn1. The molecule has 6 nitrogen and oxygen atoms in total. The van der Waals surface area contributed by atoms with Gasteiger partial charge in [-0.1, -0.05) is 35.9 Å². The van der Waals surface area contributed by atoms with E-state index in [1.807, 2.05) is 25.1 Å². The predicted octanol–water partition coefficient (Wildman–Crippen LogP) is 4.12. The minimum atomic E-state index is -0.955. The molecule has 1 aromatic carbocycles. The second kappa shape index (κ2) is 7.88. The van der Waals surface area contributed by atoms with E-state index >= 15 is 0 Å². The Bertz CT molecular complexity index is 984. The van der Waals surface area contributed by atoms with Crippen molar-refractivity contribution in [3.05, 3.63) is 56.9 Å². The highest BCUT2D eigenvalue weighted by atomic mass is 35.5. The molecule has 0 aliphatic heterocycles. The lowest BCUT2D eigenvalue weighted by atomic mass is 10.2. The fourth-order valence-corrected chi connectivity index (χ4v) is 3.78. The zero-order chi connectivity index (χ0) is 18.7. The average molecular weight is 393 g/mol. The zero-order valence-corrected chi connectivity index (χ0v) is 15.6. The van der Waals surface area contributed by atoms with Gasteiger partial charge in [0.15, 0.2) is 0 Å². The Morgan fingerprint density at radius 2 is 2.23 bits per heavy atom. The van der Waals surface area contributed by atoms with Gasteiger partial charge in [-0.25, -0.2) is 0 Å². The van der Waals surface area contributed by atoms with Crippen LogP contribution in [0.4, 0.5) is 0 Å². The van der Waals surface area contributed by atoms with Crippen LogP contribution in [0.2, 0.25) is 5.02 Å². The van der Waals surface area contributed by atoms with Gasteiger partial charge in [0.25, 0.3) is 0 Å². The molecular weight excluding hydrogens is 376 g/mol. The molecule has 26 heavy (non-hydrogen) atoms. The summed E-state index contributed by atoms with van der Waals surface area (Å²) in [6.45, 7) is 2.10. The number of fused-ring (bicyclic) bond motifs is 1. The summed E-state index contributed by atoms with van der Waals surface area (Å²) in [6, 6.07) is 9.01. The van der Waals surface area contributed by atoms with Crippen LogP contribution in [0.5, 0.6) is 5.75 Å². The molecule has 8 heteroatoms. The molecule has 2 heterocycles. The Kier molecular flexibility index (Phi) is 5.58. The van der Waals surface area contributed by atoms with Crippen molar-refractivity contribution in [3.63, 3.8) is 0 Å². The van der Waals surface area contributed by atoms with Crippen LogP contribution >= 0.6 is 22.9 Å². The number of pyridine rings is 1. The van der Waals surface area contributed by atoms with Crippen molar-refractivity contribution in [2.45, 2.75) is 32.4 Å². The number of rotatable bonds is 7. The van der Waals surface area contributed by atoms with E-state index in [9.17, 15) is 9.59 Å². The third-order valence-corrected chi connectivity index (χ3v) is 5.17. The smallest absolute Gasteiger partial charge is 0.308 e. The Morgan fingerprint density at radius 3 is 2.88 bits per heavy atom. The largest absolute Gasteiger partial charge is 0.483 e. The summed E-state index contributed by atoms with van der Waals surface area (Å²) >= 11 is 7.41. The van der Waals surface area contributed by atoms with Crippen LogP contribution < -0.4 is 9.61 Å². The summed E-state index contributed by atoms with van der Waals surface area (Å²) in [6.07, 6.45) is 2.04. The van der Waals surface area contributed by atoms with Gasteiger partial charge < -0.3 is 9.84 Å². The van der Waals surface area contributed by atoms with Gasteiger partial charge in [0.2, 0.25) is 0 Å². The monoisotopic (exact) mass is 392 g/mol. The number of halogens is 1. The number of carbonyl (C=O) groups is 1. The highest BCUT2D eigenvalue weighted by Crippen LogP contribution is 2.35. The van der Waals surface area contributed by atoms with E-state index in [4.69, 9.17) is 21.4 Å². The zero-order valence-electron chi connectivity index (χ0n) is 14.0. The van der Waals surface area contributed by atoms with E-state index in [-0.39, 0.29) is 23.9 Å². The van der Waals surface area contributed by atoms with E-state index in [0.29, 0.717) is 27.4 Å². The predicted molar refractivity (Wildman–Crippen MR) is 101 cm³/mol. The van der Waals surface area contributed by atoms with Crippen LogP contribution in [0, 0.1) is 0 Å². The van der Waals surface area contributed by atoms with Crippen LogP contribution in [0.3, 0.4) is 0 Å². The van der Waals surface area contributed by atoms with E-state index in [2.05, 4.69) is 4.98 Å². The lowest BCUT2D eigenvalue weighted by Crippen LogP contribution is -2.15. The Balaban J connectivity index is 1.94. The molecule has 3 aromatic rings. The van der Waals surface area contributed by atoms with Crippen molar-refractivity contribution in [1.29, 1.82) is 0 Å². The number of thiazole rings is 1. The van der Waals surface area contributed by atoms with Gasteiger partial charge >= 0.3 is 10.8 Å². The number of aryl methyl sites for hydroxylation is 1. The molecule has 0 saturated heterocycles. The van der Waals surface area contributed by atoms with Gasteiger partial charge in [0.05, 0.1) is 27.4 Å². The third kappa shape index (κ3) is 3.89. The first kappa shape index (κ1) is 18.4. The molecule has 0 bridgehead atoms. The van der Waals surface area contributed by atoms with Crippen molar-refractivity contribution in [1.82, 2.24) is 9.55 Å². The highest BCUT2D eigenvalue weighted by molar-refractivity contribution is 7.16. The van der Waals surface area contributed by atoms with Gasteiger partial charge in [-0.3, -0.25) is 19.1 Å². The molecule has 136 valence electrons. The van der Waals surface area contributed by atoms with Gasteiger partial charge in [0.1, 0.15) is 11.9 Å². The van der Waals surface area contributed by atoms with Gasteiger partial charge in [-0.2, -0.15) is 0 Å². The van der Waals surface area contributed by atoms with Crippen LogP contribution in [-0.2, 0) is 11.3 Å². The number of hydrogen-bond acceptors (Lipinski definition) is 5. The fourth-order valence-electron chi connectivity index (χ4n) is 2.65. The molecular formula is C18H17ClN2O4S. The van der Waals surface area contributed by atoms with Crippen LogP contribution in [0.15, 0.2) is 41.3 Å². The number of aliphatic carboxylic acids is 1. The topological polar surface area (TPSA) is 81.4 Å². The molecule has 0 aliphatic rings. The van der Waals surface area contributed by atoms with Crippen LogP contribution in [0.25, 0.3) is 10.2 Å². The van der Waals surface area contributed by atoms with Gasteiger partial charge in [-0.05, 0) is 24.6 Å². The maximum absolute atomic E-state index is 12.2. The molecule has 3 rings (SSSR count). The van der Waals surface area contributed by atoms with Crippen LogP contribution in [0.1, 0.15) is 31.6 Å². The molecule has 1 unspecified atom stereocenters. The molecule has 0 amide bonds. The number of hydrogen-bond donors (Lipinski definition) is 1. The van der Waals surface area contributed by atoms with E-state index in [0.717, 1.165) is 17.0 Å².